The van der Waals surface area contributed by atoms with Crippen molar-refractivity contribution in [2.45, 2.75) is 138 Å². The summed E-state index contributed by atoms with van der Waals surface area (Å²) in [6, 6.07) is -15.3. The van der Waals surface area contributed by atoms with Crippen molar-refractivity contribution in [3.63, 3.8) is 0 Å². The van der Waals surface area contributed by atoms with Gasteiger partial charge in [0.1, 0.15) is 60.4 Å². The van der Waals surface area contributed by atoms with Crippen LogP contribution in [-0.2, 0) is 52.7 Å². The van der Waals surface area contributed by atoms with Gasteiger partial charge in [0.2, 0.25) is 59.1 Å². The lowest BCUT2D eigenvalue weighted by Crippen LogP contribution is -2.62. The van der Waals surface area contributed by atoms with Gasteiger partial charge in [-0.1, -0.05) is 0 Å². The molecule has 0 fully saturated rings. The summed E-state index contributed by atoms with van der Waals surface area (Å²) in [7, 11) is 0. The van der Waals surface area contributed by atoms with E-state index in [-0.39, 0.29) is 68.6 Å². The predicted octanol–water partition coefficient (Wildman–Crippen LogP) is -9.48. The standard InChI is InChI=1S/C42H77N17O15S3/c1-18(31(64)55-24(40(73)74)8-6-13-50-42(47)48)51-39(72)30(20(3)62)59-37(70)27(17-76)57-34(67)23(11-14-77-4)54-35(68)25(15-60)56-33(66)22(9-10-28(43)63)53-32(65)21(7-5-12-49-41(45)46)52-36(69)26(16-75)58-38(71)29(44)19(2)61/h18-27,29-30,60-62,75-76H,5-17,44H2,1-4H3,(H2,43,63)(H,51,72)(H,52,69)(H,53,65)(H,54,68)(H,55,64)(H,56,66)(H,57,67)(H,58,71)(H,59,70)(H,73,74)(H4,45,46,49)(H4,47,48,50)/t18-,19+,20+,21-,22-,23-,24-,25-,26-,27-,29-,30-/m0/s1. The Morgan fingerprint density at radius 3 is 1.31 bits per heavy atom. The van der Waals surface area contributed by atoms with Crippen molar-refractivity contribution in [3.05, 3.63) is 0 Å². The molecule has 0 saturated heterocycles. The molecule has 0 rings (SSSR count). The number of nitrogens with one attached hydrogen (secondary N) is 9. The number of nitrogens with zero attached hydrogens (tertiary/aromatic N) is 2. The van der Waals surface area contributed by atoms with E-state index in [0.717, 1.165) is 6.92 Å². The number of aliphatic carboxylic acids is 1. The zero-order valence-electron chi connectivity index (χ0n) is 43.1. The minimum Gasteiger partial charge on any atom is -0.480 e. The Morgan fingerprint density at radius 2 is 0.896 bits per heavy atom. The minimum atomic E-state index is -1.83. The van der Waals surface area contributed by atoms with E-state index in [0.29, 0.717) is 0 Å². The van der Waals surface area contributed by atoms with Crippen LogP contribution in [0.3, 0.4) is 0 Å². The molecule has 10 amide bonds. The molecule has 0 aliphatic carbocycles. The summed E-state index contributed by atoms with van der Waals surface area (Å²) in [5.74, 6) is -12.4. The van der Waals surface area contributed by atoms with Crippen molar-refractivity contribution in [2.75, 3.05) is 43.2 Å². The zero-order chi connectivity index (χ0) is 59.1. The van der Waals surface area contributed by atoms with Gasteiger partial charge in [0, 0.05) is 31.0 Å². The number of aliphatic hydroxyl groups excluding tert-OH is 3. The maximum atomic E-state index is 13.8. The first-order valence-corrected chi connectivity index (χ1v) is 26.5. The molecule has 77 heavy (non-hydrogen) atoms. The van der Waals surface area contributed by atoms with Crippen molar-refractivity contribution in [3.8, 4) is 0 Å². The van der Waals surface area contributed by atoms with Crippen LogP contribution in [0.5, 0.6) is 0 Å². The number of rotatable bonds is 38. The topological polar surface area (TPSA) is 558 Å². The fourth-order valence-electron chi connectivity index (χ4n) is 6.35. The first-order valence-electron chi connectivity index (χ1n) is 23.8. The smallest absolute Gasteiger partial charge is 0.326 e. The van der Waals surface area contributed by atoms with Crippen molar-refractivity contribution >= 4 is 114 Å². The Morgan fingerprint density at radius 1 is 0.506 bits per heavy atom. The second-order valence-corrected chi connectivity index (χ2v) is 18.9. The Labute approximate surface area is 459 Å². The van der Waals surface area contributed by atoms with Gasteiger partial charge in [-0.05, 0) is 71.3 Å². The van der Waals surface area contributed by atoms with Crippen molar-refractivity contribution in [1.82, 2.24) is 47.9 Å². The van der Waals surface area contributed by atoms with Crippen LogP contribution in [0.2, 0.25) is 0 Å². The number of hydrogen-bond donors (Lipinski definition) is 21. The molecule has 0 unspecified atom stereocenters. The molecule has 0 aromatic rings. The molecule has 438 valence electrons. The summed E-state index contributed by atoms with van der Waals surface area (Å²) >= 11 is 9.47. The molecule has 0 saturated carbocycles. The van der Waals surface area contributed by atoms with Gasteiger partial charge in [-0.3, -0.25) is 57.9 Å². The highest BCUT2D eigenvalue weighted by Gasteiger charge is 2.36. The Balaban J connectivity index is 6.30. The SMILES string of the molecule is CSCC[C@H](NC(=O)[C@H](CO)NC(=O)[C@H](CCC(N)=O)NC(=O)[C@H](CCCN=C(N)N)NC(=O)[C@H](CS)NC(=O)[C@@H](N)[C@@H](C)O)C(=O)N[C@@H](CS)C(=O)N[C@H](C(=O)N[C@@H](C)C(=O)N[C@@H](CCCN=C(N)N)C(=O)O)[C@@H](C)O. The molecule has 25 N–H and O–H groups in total. The van der Waals surface area contributed by atoms with Crippen molar-refractivity contribution < 1.29 is 73.2 Å². The van der Waals surface area contributed by atoms with Gasteiger partial charge in [-0.2, -0.15) is 37.0 Å². The quantitative estimate of drug-likeness (QED) is 0.0118. The number of nitrogens with two attached hydrogens (primary N) is 6. The molecule has 0 spiro atoms. The van der Waals surface area contributed by atoms with Gasteiger partial charge in [0.05, 0.1) is 18.8 Å². The molecule has 0 radical (unpaired) electrons. The second-order valence-electron chi connectivity index (χ2n) is 17.2. The molecule has 0 aromatic heterocycles. The number of amides is 10. The highest BCUT2D eigenvalue weighted by Crippen LogP contribution is 2.08. The molecule has 12 atom stereocenters. The highest BCUT2D eigenvalue weighted by atomic mass is 32.2. The van der Waals surface area contributed by atoms with Gasteiger partial charge >= 0.3 is 5.97 Å². The zero-order valence-corrected chi connectivity index (χ0v) is 45.7. The van der Waals surface area contributed by atoms with E-state index in [4.69, 9.17) is 34.4 Å². The predicted molar refractivity (Wildman–Crippen MR) is 288 cm³/mol. The summed E-state index contributed by atoms with van der Waals surface area (Å²) in [5.41, 5.74) is 32.3. The average molecular weight is 1160 g/mol. The Kier molecular flexibility index (Phi) is 34.3. The lowest BCUT2D eigenvalue weighted by atomic mass is 10.1. The van der Waals surface area contributed by atoms with E-state index in [2.05, 4.69) is 83.1 Å². The summed E-state index contributed by atoms with van der Waals surface area (Å²) in [5, 5.41) is 61.0. The van der Waals surface area contributed by atoms with Crippen LogP contribution in [0.15, 0.2) is 9.98 Å². The van der Waals surface area contributed by atoms with Gasteiger partial charge in [0.25, 0.3) is 0 Å². The minimum absolute atomic E-state index is 0.0217. The normalized spacial score (nSPS) is 15.6. The number of aliphatic hydroxyl groups is 3. The molecule has 0 bridgehead atoms. The van der Waals surface area contributed by atoms with Crippen molar-refractivity contribution in [2.24, 2.45) is 44.4 Å². The number of primary amides is 1. The van der Waals surface area contributed by atoms with Crippen LogP contribution < -0.4 is 82.3 Å². The number of carbonyl (C=O) groups excluding carboxylic acids is 10. The summed E-state index contributed by atoms with van der Waals surface area (Å²) in [6.07, 6.45) is -2.27. The maximum absolute atomic E-state index is 13.8. The van der Waals surface area contributed by atoms with Crippen LogP contribution in [0, 0.1) is 0 Å². The first kappa shape index (κ1) is 70.6. The average Bonchev–Trinajstić information content (AvgIpc) is 3.35. The number of carboxylic acids is 1. The summed E-state index contributed by atoms with van der Waals surface area (Å²) in [4.78, 5) is 152. The van der Waals surface area contributed by atoms with E-state index >= 15 is 0 Å². The molecule has 35 heteroatoms. The lowest BCUT2D eigenvalue weighted by Gasteiger charge is -2.28. The first-order chi connectivity index (χ1) is 36.0. The second kappa shape index (κ2) is 37.4. The van der Waals surface area contributed by atoms with Crippen LogP contribution in [0.1, 0.15) is 65.7 Å². The number of guanidine groups is 2. The third kappa shape index (κ3) is 28.0. The van der Waals surface area contributed by atoms with E-state index in [1.54, 1.807) is 6.26 Å². The fourth-order valence-corrected chi connectivity index (χ4v) is 7.33. The van der Waals surface area contributed by atoms with Gasteiger partial charge in [-0.15, -0.1) is 0 Å². The Hall–Kier alpha value is -6.40. The van der Waals surface area contributed by atoms with E-state index in [1.165, 1.54) is 25.6 Å². The number of hydrogen-bond acceptors (Lipinski definition) is 20. The van der Waals surface area contributed by atoms with Gasteiger partial charge in [-0.25, -0.2) is 4.79 Å². The molecular formula is C42H77N17O15S3. The number of carboxylic acid groups (broad SMARTS) is 1. The van der Waals surface area contributed by atoms with Crippen LogP contribution in [0.25, 0.3) is 0 Å². The summed E-state index contributed by atoms with van der Waals surface area (Å²) < 4.78 is 0. The molecule has 0 aliphatic rings. The van der Waals surface area contributed by atoms with Crippen LogP contribution in [-0.4, -0.2) is 213 Å². The van der Waals surface area contributed by atoms with E-state index in [1.807, 2.05) is 0 Å². The largest absolute Gasteiger partial charge is 0.480 e. The molecule has 0 heterocycles. The number of carbonyl (C=O) groups is 11. The third-order valence-corrected chi connectivity index (χ3v) is 12.2. The molecule has 0 aliphatic heterocycles. The monoisotopic (exact) mass is 1160 g/mol. The Bertz CT molecular complexity index is 2070. The van der Waals surface area contributed by atoms with Crippen LogP contribution >= 0.6 is 37.0 Å². The summed E-state index contributed by atoms with van der Waals surface area (Å²) in [6.45, 7) is 2.57. The lowest BCUT2D eigenvalue weighted by molar-refractivity contribution is -0.142. The molecular weight excluding hydrogens is 1080 g/mol. The maximum Gasteiger partial charge on any atom is 0.326 e. The van der Waals surface area contributed by atoms with Gasteiger partial charge < -0.3 is 103 Å². The fraction of sp³-hybridized carbons (Fsp3) is 0.690. The third-order valence-electron chi connectivity index (χ3n) is 10.8. The van der Waals surface area contributed by atoms with Crippen molar-refractivity contribution in [1.29, 1.82) is 0 Å². The van der Waals surface area contributed by atoms with E-state index < -0.39 is 163 Å². The number of aliphatic imine (C=N–C) groups is 2. The highest BCUT2D eigenvalue weighted by molar-refractivity contribution is 7.98. The van der Waals surface area contributed by atoms with E-state index in [9.17, 15) is 73.2 Å². The molecule has 32 nitrogen and oxygen atoms in total. The van der Waals surface area contributed by atoms with Gasteiger partial charge in [0.15, 0.2) is 11.9 Å². The van der Waals surface area contributed by atoms with Crippen LogP contribution in [0.4, 0.5) is 0 Å². The number of thiol groups is 2. The number of thioether (sulfide) groups is 1. The molecule has 0 aromatic carbocycles.